The summed E-state index contributed by atoms with van der Waals surface area (Å²) in [4.78, 5) is 20.4. The molecule has 19 aromatic rings. The van der Waals surface area contributed by atoms with E-state index in [4.69, 9.17) is 15.0 Å². The van der Waals surface area contributed by atoms with Crippen molar-refractivity contribution in [3.63, 3.8) is 0 Å². The third-order valence-corrected chi connectivity index (χ3v) is 20.1. The summed E-state index contributed by atoms with van der Waals surface area (Å²) in [7, 11) is 0. The lowest BCUT2D eigenvalue weighted by Gasteiger charge is -2.16. The molecule has 0 spiro atoms. The maximum atomic E-state index is 5.43. The molecule has 104 heavy (non-hydrogen) atoms. The molecule has 4 aromatic heterocycles. The van der Waals surface area contributed by atoms with Gasteiger partial charge in [0.05, 0.1) is 39.3 Å². The van der Waals surface area contributed by atoms with Crippen molar-refractivity contribution in [3.8, 4) is 134 Å². The molecule has 0 fully saturated rings. The first-order chi connectivity index (χ1) is 51.5. The van der Waals surface area contributed by atoms with E-state index in [0.717, 1.165) is 122 Å². The maximum Gasteiger partial charge on any atom is 0.0794 e. The standard InChI is InChI=1S/C52H34N2.C48H32N2/c1-3-11-35(12-4-1)37-19-23-40(24-20-37)47-34-51(43-27-21-38(22-28-43)36-13-5-2-6-14-36)54-52-45-17-9-8-16-44(45)46(33-48(47)52)39-25-29-42(30-26-39)50-32-31-41-15-7-10-18-49(41)53-50;1-3-11-33(12-4-1)35-18-22-38(23-19-35)44-32-47(40-26-20-36(21-27-40)34-13-5-2-6-14-34)50-48-42-16-8-7-15-41(42)43(31-45(44)48)37-24-28-39(29-25-37)46-17-9-10-30-49-46/h1-34H;1-32H. The van der Waals surface area contributed by atoms with E-state index in [1.807, 2.05) is 30.5 Å². The summed E-state index contributed by atoms with van der Waals surface area (Å²) >= 11 is 0. The molecule has 0 unspecified atom stereocenters. The lowest BCUT2D eigenvalue weighted by atomic mass is 9.90. The number of aromatic nitrogens is 4. The van der Waals surface area contributed by atoms with Crippen molar-refractivity contribution in [1.82, 2.24) is 19.9 Å². The van der Waals surface area contributed by atoms with Gasteiger partial charge in [-0.25, -0.2) is 15.0 Å². The Balaban J connectivity index is 0.000000149. The first-order valence-electron chi connectivity index (χ1n) is 35.4. The normalized spacial score (nSPS) is 11.3. The number of hydrogen-bond acceptors (Lipinski definition) is 4. The second-order valence-corrected chi connectivity index (χ2v) is 26.4. The maximum absolute atomic E-state index is 5.43. The zero-order valence-electron chi connectivity index (χ0n) is 56.9. The highest BCUT2D eigenvalue weighted by molar-refractivity contribution is 6.18. The van der Waals surface area contributed by atoms with Crippen LogP contribution in [0.1, 0.15) is 0 Å². The monoisotopic (exact) mass is 1320 g/mol. The molecule has 0 bridgehead atoms. The van der Waals surface area contributed by atoms with Crippen LogP contribution in [0.3, 0.4) is 0 Å². The number of benzene rings is 15. The molecule has 0 N–H and O–H groups in total. The summed E-state index contributed by atoms with van der Waals surface area (Å²) in [6.07, 6.45) is 1.84. The fourth-order valence-corrected chi connectivity index (χ4v) is 14.6. The quantitative estimate of drug-likeness (QED) is 0.114. The molecular formula is C100H66N4. The molecule has 15 aromatic carbocycles. The Bertz CT molecular complexity index is 6290. The lowest BCUT2D eigenvalue weighted by Crippen LogP contribution is -1.94. The van der Waals surface area contributed by atoms with Gasteiger partial charge in [0.2, 0.25) is 0 Å². The van der Waals surface area contributed by atoms with Crippen LogP contribution in [0.5, 0.6) is 0 Å². The van der Waals surface area contributed by atoms with Crippen LogP contribution in [0.2, 0.25) is 0 Å². The van der Waals surface area contributed by atoms with Gasteiger partial charge in [-0.15, -0.1) is 0 Å². The van der Waals surface area contributed by atoms with E-state index in [9.17, 15) is 0 Å². The first kappa shape index (κ1) is 62.5. The molecule has 0 aliphatic carbocycles. The van der Waals surface area contributed by atoms with Crippen LogP contribution >= 0.6 is 0 Å². The van der Waals surface area contributed by atoms with E-state index < -0.39 is 0 Å². The highest BCUT2D eigenvalue weighted by Crippen LogP contribution is 2.44. The summed E-state index contributed by atoms with van der Waals surface area (Å²) in [6, 6.07) is 140. The Morgan fingerprint density at radius 3 is 0.817 bits per heavy atom. The molecule has 0 aliphatic rings. The molecule has 0 atom stereocenters. The van der Waals surface area contributed by atoms with Crippen LogP contribution in [0.4, 0.5) is 0 Å². The van der Waals surface area contributed by atoms with Crippen LogP contribution in [0.25, 0.3) is 188 Å². The summed E-state index contributed by atoms with van der Waals surface area (Å²) < 4.78 is 0. The molecule has 4 nitrogen and oxygen atoms in total. The van der Waals surface area contributed by atoms with Gasteiger partial charge in [0, 0.05) is 55.4 Å². The van der Waals surface area contributed by atoms with E-state index in [-0.39, 0.29) is 0 Å². The molecular weight excluding hydrogens is 1260 g/mol. The van der Waals surface area contributed by atoms with Crippen LogP contribution in [0.15, 0.2) is 401 Å². The van der Waals surface area contributed by atoms with Gasteiger partial charge in [0.15, 0.2) is 0 Å². The predicted octanol–water partition coefficient (Wildman–Crippen LogP) is 26.7. The van der Waals surface area contributed by atoms with Crippen molar-refractivity contribution in [2.45, 2.75) is 0 Å². The minimum Gasteiger partial charge on any atom is -0.256 e. The summed E-state index contributed by atoms with van der Waals surface area (Å²) in [5, 5.41) is 8.03. The topological polar surface area (TPSA) is 51.6 Å². The van der Waals surface area contributed by atoms with Gasteiger partial charge in [-0.2, -0.15) is 0 Å². The Hall–Kier alpha value is -13.8. The van der Waals surface area contributed by atoms with Crippen LogP contribution in [-0.2, 0) is 0 Å². The molecule has 0 saturated heterocycles. The van der Waals surface area contributed by atoms with Gasteiger partial charge in [-0.05, 0) is 148 Å². The van der Waals surface area contributed by atoms with E-state index in [1.165, 1.54) is 66.4 Å². The van der Waals surface area contributed by atoms with Gasteiger partial charge >= 0.3 is 0 Å². The van der Waals surface area contributed by atoms with Gasteiger partial charge in [0.25, 0.3) is 0 Å². The first-order valence-corrected chi connectivity index (χ1v) is 35.4. The zero-order chi connectivity index (χ0) is 69.1. The fourth-order valence-electron chi connectivity index (χ4n) is 14.6. The molecule has 4 heterocycles. The van der Waals surface area contributed by atoms with Gasteiger partial charge in [-0.1, -0.05) is 346 Å². The molecule has 0 saturated carbocycles. The minimum atomic E-state index is 0.953. The number of pyridine rings is 4. The average molecular weight is 1320 g/mol. The Morgan fingerprint density at radius 2 is 0.442 bits per heavy atom. The third kappa shape index (κ3) is 12.4. The Morgan fingerprint density at radius 1 is 0.154 bits per heavy atom. The molecule has 486 valence electrons. The van der Waals surface area contributed by atoms with Crippen LogP contribution in [-0.4, -0.2) is 19.9 Å². The predicted molar refractivity (Wildman–Crippen MR) is 437 cm³/mol. The van der Waals surface area contributed by atoms with E-state index >= 15 is 0 Å². The fraction of sp³-hybridized carbons (Fsp3) is 0. The molecule has 19 rings (SSSR count). The van der Waals surface area contributed by atoms with E-state index in [2.05, 4.69) is 375 Å². The number of rotatable bonds is 12. The van der Waals surface area contributed by atoms with Gasteiger partial charge < -0.3 is 0 Å². The SMILES string of the molecule is c1ccc(-c2ccc(-c3cc(-c4ccc(-c5ccccc5)cc4)c4cc(-c5ccc(-c6ccc7ccccc7n6)cc5)c5ccccc5c4n3)cc2)cc1.c1ccc(-c2ccc(-c3cc(-c4ccc(-c5ccccc5)cc4)c4cc(-c5ccc(-c6ccccn6)cc5)c5ccccc5c4n3)cc2)cc1. The van der Waals surface area contributed by atoms with E-state index in [1.54, 1.807) is 0 Å². The highest BCUT2D eigenvalue weighted by Gasteiger charge is 2.20. The van der Waals surface area contributed by atoms with Crippen molar-refractivity contribution in [2.24, 2.45) is 0 Å². The van der Waals surface area contributed by atoms with E-state index in [0.29, 0.717) is 0 Å². The second-order valence-electron chi connectivity index (χ2n) is 26.4. The highest BCUT2D eigenvalue weighted by atomic mass is 14.7. The molecule has 0 aliphatic heterocycles. The summed E-state index contributed by atoms with van der Waals surface area (Å²) in [6.45, 7) is 0. The van der Waals surface area contributed by atoms with Crippen molar-refractivity contribution in [1.29, 1.82) is 0 Å². The number of fused-ring (bicyclic) bond motifs is 7. The Kier molecular flexibility index (Phi) is 16.6. The van der Waals surface area contributed by atoms with Crippen LogP contribution < -0.4 is 0 Å². The smallest absolute Gasteiger partial charge is 0.0794 e. The lowest BCUT2D eigenvalue weighted by molar-refractivity contribution is 1.33. The van der Waals surface area contributed by atoms with Crippen molar-refractivity contribution in [3.05, 3.63) is 401 Å². The molecule has 0 amide bonds. The number of nitrogens with zero attached hydrogens (tertiary/aromatic N) is 4. The second kappa shape index (κ2) is 27.7. The minimum absolute atomic E-state index is 0.953. The summed E-state index contributed by atoms with van der Waals surface area (Å²) in [5.41, 5.74) is 30.1. The number of hydrogen-bond donors (Lipinski definition) is 0. The zero-order valence-corrected chi connectivity index (χ0v) is 56.9. The summed E-state index contributed by atoms with van der Waals surface area (Å²) in [5.74, 6) is 0. The van der Waals surface area contributed by atoms with Crippen LogP contribution in [0, 0.1) is 0 Å². The van der Waals surface area contributed by atoms with Crippen molar-refractivity contribution < 1.29 is 0 Å². The average Bonchev–Trinajstić information content (AvgIpc) is 0.745. The van der Waals surface area contributed by atoms with Gasteiger partial charge in [0.1, 0.15) is 0 Å². The van der Waals surface area contributed by atoms with Crippen molar-refractivity contribution >= 4 is 54.3 Å². The molecule has 0 radical (unpaired) electrons. The number of para-hydroxylation sites is 1. The molecule has 4 heteroatoms. The van der Waals surface area contributed by atoms with Crippen molar-refractivity contribution in [2.75, 3.05) is 0 Å². The van der Waals surface area contributed by atoms with Gasteiger partial charge in [-0.3, -0.25) is 4.98 Å². The third-order valence-electron chi connectivity index (χ3n) is 20.1. The largest absolute Gasteiger partial charge is 0.256 e. The Labute approximate surface area is 604 Å².